The van der Waals surface area contributed by atoms with Gasteiger partial charge in [-0.25, -0.2) is 4.98 Å². The van der Waals surface area contributed by atoms with Crippen molar-refractivity contribution in [2.24, 2.45) is 0 Å². The third-order valence-electron chi connectivity index (χ3n) is 3.89. The number of hydrogen-bond donors (Lipinski definition) is 1. The molecule has 106 valence electrons. The molecule has 0 saturated carbocycles. The number of rotatable bonds is 2. The van der Waals surface area contributed by atoms with Gasteiger partial charge in [0.05, 0.1) is 11.7 Å². The van der Waals surface area contributed by atoms with Crippen LogP contribution in [0.25, 0.3) is 11.0 Å². The zero-order valence-electron chi connectivity index (χ0n) is 11.2. The summed E-state index contributed by atoms with van der Waals surface area (Å²) in [6.07, 6.45) is 4.31. The monoisotopic (exact) mass is 299 g/mol. The van der Waals surface area contributed by atoms with Gasteiger partial charge in [0.15, 0.2) is 5.65 Å². The highest BCUT2D eigenvalue weighted by Crippen LogP contribution is 2.31. The fourth-order valence-electron chi connectivity index (χ4n) is 2.84. The van der Waals surface area contributed by atoms with Crippen LogP contribution in [0.2, 0.25) is 0 Å². The van der Waals surface area contributed by atoms with Crippen molar-refractivity contribution in [2.45, 2.75) is 12.3 Å². The molecular weight excluding hydrogens is 286 g/mol. The fourth-order valence-corrected chi connectivity index (χ4v) is 3.43. The van der Waals surface area contributed by atoms with Crippen molar-refractivity contribution in [3.63, 3.8) is 0 Å². The normalized spacial score (nSPS) is 18.5. The second-order valence-corrected chi connectivity index (χ2v) is 6.00. The maximum Gasteiger partial charge on any atom is 0.265 e. The molecule has 1 atom stereocenters. The molecule has 1 fully saturated rings. The number of nitrogens with zero attached hydrogens (tertiary/aromatic N) is 4. The predicted octanol–water partition coefficient (Wildman–Crippen LogP) is 2.04. The number of aromatic amines is 1. The van der Waals surface area contributed by atoms with Crippen molar-refractivity contribution in [2.75, 3.05) is 13.1 Å². The molecule has 3 aromatic rings. The summed E-state index contributed by atoms with van der Waals surface area (Å²) < 4.78 is 0. The average Bonchev–Trinajstić information content (AvgIpc) is 3.25. The van der Waals surface area contributed by atoms with Gasteiger partial charge in [0.2, 0.25) is 0 Å². The van der Waals surface area contributed by atoms with E-state index >= 15 is 0 Å². The lowest BCUT2D eigenvalue weighted by atomic mass is 10.0. The van der Waals surface area contributed by atoms with Crippen molar-refractivity contribution < 1.29 is 4.79 Å². The van der Waals surface area contributed by atoms with E-state index in [0.29, 0.717) is 11.4 Å². The van der Waals surface area contributed by atoms with Gasteiger partial charge in [0.1, 0.15) is 4.88 Å². The van der Waals surface area contributed by atoms with Gasteiger partial charge in [-0.1, -0.05) is 0 Å². The quantitative estimate of drug-likeness (QED) is 0.786. The van der Waals surface area contributed by atoms with Crippen LogP contribution >= 0.6 is 11.3 Å². The number of likely N-dealkylation sites (tertiary alicyclic amines) is 1. The first-order valence-corrected chi connectivity index (χ1v) is 7.67. The van der Waals surface area contributed by atoms with Gasteiger partial charge in [0, 0.05) is 36.3 Å². The molecule has 7 heteroatoms. The minimum absolute atomic E-state index is 0.0712. The lowest BCUT2D eigenvalue weighted by molar-refractivity contribution is 0.0795. The molecule has 1 aliphatic heterocycles. The number of amides is 1. The van der Waals surface area contributed by atoms with Gasteiger partial charge >= 0.3 is 0 Å². The van der Waals surface area contributed by atoms with Crippen LogP contribution in [0.4, 0.5) is 0 Å². The molecular formula is C14H13N5OS. The summed E-state index contributed by atoms with van der Waals surface area (Å²) in [7, 11) is 0. The van der Waals surface area contributed by atoms with Gasteiger partial charge in [-0.05, 0) is 18.6 Å². The second kappa shape index (κ2) is 4.92. The molecule has 0 radical (unpaired) electrons. The minimum Gasteiger partial charge on any atom is -0.337 e. The van der Waals surface area contributed by atoms with E-state index < -0.39 is 0 Å². The molecule has 6 nitrogen and oxygen atoms in total. The second-order valence-electron chi connectivity index (χ2n) is 5.11. The predicted molar refractivity (Wildman–Crippen MR) is 79.3 cm³/mol. The number of fused-ring (bicyclic) bond motifs is 1. The van der Waals surface area contributed by atoms with E-state index in [2.05, 4.69) is 20.2 Å². The van der Waals surface area contributed by atoms with Crippen molar-refractivity contribution in [3.8, 4) is 0 Å². The smallest absolute Gasteiger partial charge is 0.265 e. The molecule has 1 amide bonds. The van der Waals surface area contributed by atoms with Crippen LogP contribution in [0.3, 0.4) is 0 Å². The highest BCUT2D eigenvalue weighted by atomic mass is 32.1. The minimum atomic E-state index is 0.0712. The summed E-state index contributed by atoms with van der Waals surface area (Å²) in [5.41, 5.74) is 3.51. The van der Waals surface area contributed by atoms with E-state index in [1.165, 1.54) is 11.3 Å². The Morgan fingerprint density at radius 2 is 2.43 bits per heavy atom. The third-order valence-corrected chi connectivity index (χ3v) is 4.65. The number of H-pyrrole nitrogens is 1. The number of aromatic nitrogens is 4. The number of carbonyl (C=O) groups excluding carboxylic acids is 1. The molecule has 1 aliphatic rings. The molecule has 1 unspecified atom stereocenters. The van der Waals surface area contributed by atoms with E-state index in [-0.39, 0.29) is 11.8 Å². The van der Waals surface area contributed by atoms with E-state index in [1.54, 1.807) is 17.9 Å². The molecule has 0 spiro atoms. The molecule has 0 aromatic carbocycles. The molecule has 1 saturated heterocycles. The fraction of sp³-hybridized carbons (Fsp3) is 0.286. The lowest BCUT2D eigenvalue weighted by Crippen LogP contribution is -2.27. The first-order valence-electron chi connectivity index (χ1n) is 6.79. The molecule has 21 heavy (non-hydrogen) atoms. The Bertz CT molecular complexity index is 782. The van der Waals surface area contributed by atoms with E-state index in [0.717, 1.165) is 29.7 Å². The van der Waals surface area contributed by atoms with Crippen LogP contribution in [0.1, 0.15) is 27.7 Å². The maximum absolute atomic E-state index is 12.3. The topological polar surface area (TPSA) is 74.8 Å². The Kier molecular flexibility index (Phi) is 2.92. The zero-order valence-corrected chi connectivity index (χ0v) is 12.0. The summed E-state index contributed by atoms with van der Waals surface area (Å²) in [4.78, 5) is 23.1. The maximum atomic E-state index is 12.3. The number of nitrogens with one attached hydrogen (secondary N) is 1. The van der Waals surface area contributed by atoms with E-state index in [1.807, 2.05) is 17.0 Å². The summed E-state index contributed by atoms with van der Waals surface area (Å²) in [6.45, 7) is 1.48. The summed E-state index contributed by atoms with van der Waals surface area (Å²) in [5.74, 6) is 0.359. The highest BCUT2D eigenvalue weighted by Gasteiger charge is 2.30. The van der Waals surface area contributed by atoms with Crippen LogP contribution in [-0.2, 0) is 0 Å². The van der Waals surface area contributed by atoms with E-state index in [9.17, 15) is 4.79 Å². The zero-order chi connectivity index (χ0) is 14.2. The first-order chi connectivity index (χ1) is 10.3. The summed E-state index contributed by atoms with van der Waals surface area (Å²) >= 11 is 1.39. The van der Waals surface area contributed by atoms with Gasteiger partial charge in [-0.3, -0.25) is 14.9 Å². The van der Waals surface area contributed by atoms with Crippen molar-refractivity contribution in [1.82, 2.24) is 25.1 Å². The summed E-state index contributed by atoms with van der Waals surface area (Å²) in [5, 5.41) is 8.38. The molecule has 0 aliphatic carbocycles. The van der Waals surface area contributed by atoms with Gasteiger partial charge in [-0.2, -0.15) is 5.10 Å². The lowest BCUT2D eigenvalue weighted by Gasteiger charge is -2.14. The van der Waals surface area contributed by atoms with Crippen molar-refractivity contribution >= 4 is 28.3 Å². The number of pyridine rings is 1. The van der Waals surface area contributed by atoms with Gasteiger partial charge in [-0.15, -0.1) is 11.3 Å². The Labute approximate surface area is 124 Å². The van der Waals surface area contributed by atoms with Crippen LogP contribution in [-0.4, -0.2) is 44.1 Å². The first kappa shape index (κ1) is 12.5. The third kappa shape index (κ3) is 2.09. The molecule has 4 rings (SSSR count). The van der Waals surface area contributed by atoms with Crippen LogP contribution in [0, 0.1) is 0 Å². The van der Waals surface area contributed by atoms with Crippen LogP contribution in [0.5, 0.6) is 0 Å². The van der Waals surface area contributed by atoms with Crippen LogP contribution < -0.4 is 0 Å². The Hall–Kier alpha value is -2.28. The van der Waals surface area contributed by atoms with Gasteiger partial charge in [0.25, 0.3) is 5.91 Å². The highest BCUT2D eigenvalue weighted by molar-refractivity contribution is 7.11. The Morgan fingerprint density at radius 3 is 3.29 bits per heavy atom. The van der Waals surface area contributed by atoms with Crippen LogP contribution in [0.15, 0.2) is 30.0 Å². The summed E-state index contributed by atoms with van der Waals surface area (Å²) in [6, 6.07) is 3.94. The largest absolute Gasteiger partial charge is 0.337 e. The van der Waals surface area contributed by atoms with E-state index in [4.69, 9.17) is 0 Å². The standard InChI is InChI=1S/C14H13N5OS/c20-14(11-6-15-8-21-11)19-5-3-9(7-19)12-10-2-1-4-16-13(10)18-17-12/h1-2,4,6,8-9H,3,5,7H2,(H,16,17,18). The molecule has 0 bridgehead atoms. The number of carbonyl (C=O) groups is 1. The molecule has 4 heterocycles. The number of hydrogen-bond acceptors (Lipinski definition) is 5. The Morgan fingerprint density at radius 1 is 1.48 bits per heavy atom. The van der Waals surface area contributed by atoms with Crippen molar-refractivity contribution in [1.29, 1.82) is 0 Å². The number of thiazole rings is 1. The molecule has 1 N–H and O–H groups in total. The van der Waals surface area contributed by atoms with Gasteiger partial charge < -0.3 is 4.90 Å². The Balaban J connectivity index is 1.58. The average molecular weight is 299 g/mol. The molecule has 3 aromatic heterocycles. The van der Waals surface area contributed by atoms with Crippen molar-refractivity contribution in [3.05, 3.63) is 40.6 Å². The SMILES string of the molecule is O=C(c1cncs1)N1CCC(c2[nH]nc3ncccc23)C1.